The number of nitrogens with two attached hydrogens (primary N) is 1. The van der Waals surface area contributed by atoms with Crippen LogP contribution in [0.15, 0.2) is 17.0 Å². The largest absolute Gasteiger partial charge is 0.325 e. The fourth-order valence-corrected chi connectivity index (χ4v) is 3.13. The Hall–Kier alpha value is -1.65. The maximum absolute atomic E-state index is 13.1. The molecule has 118 valence electrons. The fraction of sp³-hybridized carbons (Fsp3) is 0.455. The lowest BCUT2D eigenvalue weighted by Crippen LogP contribution is -2.41. The molecule has 0 saturated carbocycles. The normalized spacial score (nSPS) is 12.4. The van der Waals surface area contributed by atoms with Crippen molar-refractivity contribution in [2.75, 3.05) is 13.1 Å². The van der Waals surface area contributed by atoms with Gasteiger partial charge in [-0.3, -0.25) is 10.1 Å². The summed E-state index contributed by atoms with van der Waals surface area (Å²) in [4.78, 5) is 9.45. The first-order valence-corrected chi connectivity index (χ1v) is 7.32. The number of nitrogens with zero attached hydrogens (tertiary/aromatic N) is 1. The zero-order valence-corrected chi connectivity index (χ0v) is 12.2. The second-order valence-corrected chi connectivity index (χ2v) is 6.20. The maximum atomic E-state index is 13.1. The van der Waals surface area contributed by atoms with Gasteiger partial charge < -0.3 is 5.73 Å². The van der Waals surface area contributed by atoms with Gasteiger partial charge >= 0.3 is 0 Å². The molecule has 0 heterocycles. The van der Waals surface area contributed by atoms with Crippen molar-refractivity contribution in [1.82, 2.24) is 4.72 Å². The number of nitro benzene ring substituents is 1. The van der Waals surface area contributed by atoms with Gasteiger partial charge in [-0.15, -0.1) is 0 Å². The van der Waals surface area contributed by atoms with Crippen LogP contribution in [-0.4, -0.2) is 32.4 Å². The number of hydrogen-bond acceptors (Lipinski definition) is 5. The van der Waals surface area contributed by atoms with Gasteiger partial charge in [0.05, 0.1) is 18.0 Å². The van der Waals surface area contributed by atoms with Gasteiger partial charge in [-0.05, 0) is 25.0 Å². The van der Waals surface area contributed by atoms with E-state index in [0.29, 0.717) is 5.56 Å². The molecule has 0 saturated heterocycles. The van der Waals surface area contributed by atoms with E-state index >= 15 is 0 Å². The number of nitrogens with one attached hydrogen (secondary N) is 1. The molecule has 0 fully saturated rings. The van der Waals surface area contributed by atoms with Crippen LogP contribution in [0.3, 0.4) is 0 Å². The van der Waals surface area contributed by atoms with Crippen molar-refractivity contribution in [1.29, 1.82) is 0 Å². The quantitative estimate of drug-likeness (QED) is 0.600. The van der Waals surface area contributed by atoms with Crippen molar-refractivity contribution in [3.05, 3.63) is 33.4 Å². The van der Waals surface area contributed by atoms with Crippen LogP contribution in [0.4, 0.5) is 14.5 Å². The number of aryl methyl sites for hydroxylation is 1. The van der Waals surface area contributed by atoms with Crippen molar-refractivity contribution < 1.29 is 22.1 Å². The Labute approximate surface area is 120 Å². The van der Waals surface area contributed by atoms with Crippen molar-refractivity contribution >= 4 is 15.7 Å². The van der Waals surface area contributed by atoms with Gasteiger partial charge in [0.2, 0.25) is 10.0 Å². The fourth-order valence-electron chi connectivity index (χ4n) is 1.60. The number of alkyl halides is 2. The number of nitro groups is 1. The molecule has 0 radical (unpaired) electrons. The predicted octanol–water partition coefficient (Wildman–Crippen LogP) is 1.08. The summed E-state index contributed by atoms with van der Waals surface area (Å²) in [6.07, 6.45) is 0. The Balaban J connectivity index is 3.31. The summed E-state index contributed by atoms with van der Waals surface area (Å²) in [5.74, 6) is -3.43. The molecule has 1 rings (SSSR count). The van der Waals surface area contributed by atoms with Gasteiger partial charge in [0, 0.05) is 6.07 Å². The summed E-state index contributed by atoms with van der Waals surface area (Å²) in [6.45, 7) is 0.672. The van der Waals surface area contributed by atoms with Crippen molar-refractivity contribution in [3.8, 4) is 0 Å². The Morgan fingerprint density at radius 3 is 2.43 bits per heavy atom. The average Bonchev–Trinajstić information content (AvgIpc) is 2.39. The lowest BCUT2D eigenvalue weighted by molar-refractivity contribution is -0.387. The molecule has 0 bridgehead atoms. The second-order valence-electron chi connectivity index (χ2n) is 4.50. The van der Waals surface area contributed by atoms with Crippen LogP contribution in [0.2, 0.25) is 0 Å². The Morgan fingerprint density at radius 2 is 1.95 bits per heavy atom. The smallest absolute Gasteiger partial charge is 0.289 e. The topological polar surface area (TPSA) is 115 Å². The number of rotatable bonds is 6. The van der Waals surface area contributed by atoms with E-state index in [4.69, 9.17) is 5.73 Å². The van der Waals surface area contributed by atoms with Gasteiger partial charge in [0.1, 0.15) is 0 Å². The minimum atomic E-state index is -4.46. The number of sulfonamides is 1. The lowest BCUT2D eigenvalue weighted by Gasteiger charge is -2.16. The van der Waals surface area contributed by atoms with E-state index in [1.807, 2.05) is 0 Å². The van der Waals surface area contributed by atoms with E-state index in [1.165, 1.54) is 13.0 Å². The summed E-state index contributed by atoms with van der Waals surface area (Å²) in [7, 11) is -4.46. The summed E-state index contributed by atoms with van der Waals surface area (Å²) in [5, 5.41) is 10.9. The third-order valence-electron chi connectivity index (χ3n) is 2.94. The first kappa shape index (κ1) is 17.4. The molecule has 0 atom stereocenters. The van der Waals surface area contributed by atoms with Crippen LogP contribution < -0.4 is 10.5 Å². The first-order valence-electron chi connectivity index (χ1n) is 5.84. The zero-order chi connectivity index (χ0) is 16.4. The third kappa shape index (κ3) is 3.93. The average molecular weight is 323 g/mol. The molecule has 21 heavy (non-hydrogen) atoms. The SMILES string of the molecule is Cc1ccc([N+](=O)[O-])c(S(=O)(=O)NCC(F)(F)CN)c1C. The molecule has 7 nitrogen and oxygen atoms in total. The second kappa shape index (κ2) is 6.00. The maximum Gasteiger partial charge on any atom is 0.289 e. The Kier molecular flexibility index (Phi) is 4.97. The summed E-state index contributed by atoms with van der Waals surface area (Å²) >= 11 is 0. The van der Waals surface area contributed by atoms with Gasteiger partial charge in [-0.2, -0.15) is 0 Å². The van der Waals surface area contributed by atoms with Crippen LogP contribution in [0.25, 0.3) is 0 Å². The standard InChI is InChI=1S/C11H15F2N3O4S/c1-7-3-4-9(16(17)18)10(8(7)2)21(19,20)15-6-11(12,13)5-14/h3-4,15H,5-6,14H2,1-2H3. The minimum Gasteiger partial charge on any atom is -0.325 e. The van der Waals surface area contributed by atoms with Gasteiger partial charge in [0.25, 0.3) is 11.6 Å². The molecule has 1 aromatic carbocycles. The molecule has 0 aliphatic heterocycles. The molecule has 0 spiro atoms. The molecule has 0 aliphatic rings. The molecule has 0 aliphatic carbocycles. The number of halogens is 2. The van der Waals surface area contributed by atoms with Crippen molar-refractivity contribution in [2.24, 2.45) is 5.73 Å². The molecular formula is C11H15F2N3O4S. The van der Waals surface area contributed by atoms with Crippen molar-refractivity contribution in [2.45, 2.75) is 24.7 Å². The molecule has 0 aromatic heterocycles. The minimum absolute atomic E-state index is 0.132. The summed E-state index contributed by atoms with van der Waals surface area (Å²) < 4.78 is 52.0. The molecule has 0 unspecified atom stereocenters. The van der Waals surface area contributed by atoms with Crippen LogP contribution in [0.1, 0.15) is 11.1 Å². The lowest BCUT2D eigenvalue weighted by atomic mass is 10.1. The van der Waals surface area contributed by atoms with Crippen LogP contribution in [0, 0.1) is 24.0 Å². The molecule has 1 aromatic rings. The first-order chi connectivity index (χ1) is 9.52. The van der Waals surface area contributed by atoms with E-state index in [0.717, 1.165) is 6.07 Å². The van der Waals surface area contributed by atoms with Crippen molar-refractivity contribution in [3.63, 3.8) is 0 Å². The molecule has 3 N–H and O–H groups in total. The number of benzene rings is 1. The third-order valence-corrected chi connectivity index (χ3v) is 4.52. The van der Waals surface area contributed by atoms with Crippen LogP contribution in [-0.2, 0) is 10.0 Å². The number of hydrogen-bond donors (Lipinski definition) is 2. The van der Waals surface area contributed by atoms with E-state index in [-0.39, 0.29) is 5.56 Å². The molecular weight excluding hydrogens is 308 g/mol. The van der Waals surface area contributed by atoms with Crippen LogP contribution in [0.5, 0.6) is 0 Å². The van der Waals surface area contributed by atoms with Gasteiger partial charge in [-0.1, -0.05) is 6.07 Å². The predicted molar refractivity (Wildman–Crippen MR) is 71.8 cm³/mol. The summed E-state index contributed by atoms with van der Waals surface area (Å²) in [6, 6.07) is 2.42. The van der Waals surface area contributed by atoms with E-state index in [1.54, 1.807) is 11.6 Å². The highest BCUT2D eigenvalue weighted by Gasteiger charge is 2.33. The molecule has 10 heteroatoms. The Bertz CT molecular complexity index is 662. The monoisotopic (exact) mass is 323 g/mol. The van der Waals surface area contributed by atoms with E-state index in [9.17, 15) is 27.3 Å². The van der Waals surface area contributed by atoms with Crippen LogP contribution >= 0.6 is 0 Å². The highest BCUT2D eigenvalue weighted by molar-refractivity contribution is 7.89. The highest BCUT2D eigenvalue weighted by Crippen LogP contribution is 2.29. The van der Waals surface area contributed by atoms with Gasteiger partial charge in [-0.25, -0.2) is 21.9 Å². The zero-order valence-electron chi connectivity index (χ0n) is 11.4. The molecule has 0 amide bonds. The van der Waals surface area contributed by atoms with Gasteiger partial charge in [0.15, 0.2) is 4.90 Å². The highest BCUT2D eigenvalue weighted by atomic mass is 32.2. The Morgan fingerprint density at radius 1 is 1.38 bits per heavy atom. The summed E-state index contributed by atoms with van der Waals surface area (Å²) in [5.41, 5.74) is 4.77. The van der Waals surface area contributed by atoms with E-state index in [2.05, 4.69) is 0 Å². The van der Waals surface area contributed by atoms with E-state index < -0.39 is 44.5 Å².